The number of hydrogen-bond acceptors (Lipinski definition) is 3. The molecule has 1 rings (SSSR count). The SMILES string of the molecule is CCN1CC(=O)N(CC(C)(C)CCCCOCCCCC(C)(C)CC)C1=O. The van der Waals surface area contributed by atoms with Gasteiger partial charge in [0.05, 0.1) is 0 Å². The smallest absolute Gasteiger partial charge is 0.327 e. The fourth-order valence-corrected chi connectivity index (χ4v) is 3.40. The number of amides is 3. The van der Waals surface area contributed by atoms with Crippen LogP contribution in [-0.2, 0) is 9.53 Å². The molecule has 0 saturated carbocycles. The van der Waals surface area contributed by atoms with Crippen molar-refractivity contribution in [1.82, 2.24) is 9.80 Å². The molecule has 0 aromatic rings. The lowest BCUT2D eigenvalue weighted by Crippen LogP contribution is -2.39. The Bertz CT molecular complexity index is 474. The Hall–Kier alpha value is -1.10. The third-order valence-electron chi connectivity index (χ3n) is 5.84. The number of unbranched alkanes of at least 4 members (excludes halogenated alkanes) is 2. The first-order valence-corrected chi connectivity index (χ1v) is 10.8. The summed E-state index contributed by atoms with van der Waals surface area (Å²) in [7, 11) is 0. The minimum atomic E-state index is -0.134. The number of urea groups is 1. The molecule has 3 amide bonds. The Kier molecular flexibility index (Phi) is 9.78. The van der Waals surface area contributed by atoms with Gasteiger partial charge in [-0.05, 0) is 43.4 Å². The summed E-state index contributed by atoms with van der Waals surface area (Å²) in [5.74, 6) is -0.0653. The van der Waals surface area contributed by atoms with E-state index in [0.717, 1.165) is 38.9 Å². The number of carbonyl (C=O) groups is 2. The van der Waals surface area contributed by atoms with E-state index in [2.05, 4.69) is 34.6 Å². The van der Waals surface area contributed by atoms with Crippen molar-refractivity contribution < 1.29 is 14.3 Å². The molecule has 0 radical (unpaired) electrons. The highest BCUT2D eigenvalue weighted by Gasteiger charge is 2.37. The highest BCUT2D eigenvalue weighted by atomic mass is 16.5. The largest absolute Gasteiger partial charge is 0.381 e. The Morgan fingerprint density at radius 2 is 1.44 bits per heavy atom. The van der Waals surface area contributed by atoms with Gasteiger partial charge in [-0.25, -0.2) is 4.79 Å². The van der Waals surface area contributed by atoms with Crippen molar-refractivity contribution in [3.8, 4) is 0 Å². The van der Waals surface area contributed by atoms with Crippen LogP contribution in [0.25, 0.3) is 0 Å². The Morgan fingerprint density at radius 1 is 0.889 bits per heavy atom. The van der Waals surface area contributed by atoms with Crippen LogP contribution in [0, 0.1) is 10.8 Å². The topological polar surface area (TPSA) is 49.9 Å². The van der Waals surface area contributed by atoms with Crippen LogP contribution < -0.4 is 0 Å². The first-order chi connectivity index (χ1) is 12.6. The van der Waals surface area contributed by atoms with Gasteiger partial charge in [-0.3, -0.25) is 9.69 Å². The monoisotopic (exact) mass is 382 g/mol. The van der Waals surface area contributed by atoms with Crippen LogP contribution in [-0.4, -0.2) is 54.6 Å². The van der Waals surface area contributed by atoms with Crippen LogP contribution >= 0.6 is 0 Å². The summed E-state index contributed by atoms with van der Waals surface area (Å²) >= 11 is 0. The summed E-state index contributed by atoms with van der Waals surface area (Å²) in [6.07, 6.45) is 7.96. The number of likely N-dealkylation sites (N-methyl/N-ethyl adjacent to an activating group) is 1. The molecule has 1 saturated heterocycles. The van der Waals surface area contributed by atoms with Gasteiger partial charge in [-0.1, -0.05) is 53.9 Å². The molecule has 0 unspecified atom stereocenters. The van der Waals surface area contributed by atoms with Crippen LogP contribution in [0.15, 0.2) is 0 Å². The van der Waals surface area contributed by atoms with Crippen molar-refractivity contribution in [1.29, 1.82) is 0 Å². The van der Waals surface area contributed by atoms with E-state index in [9.17, 15) is 9.59 Å². The second-order valence-corrected chi connectivity index (χ2v) is 9.49. The minimum Gasteiger partial charge on any atom is -0.381 e. The average Bonchev–Trinajstić information content (AvgIpc) is 2.87. The fraction of sp³-hybridized carbons (Fsp3) is 0.909. The Morgan fingerprint density at radius 3 is 1.93 bits per heavy atom. The average molecular weight is 383 g/mol. The first kappa shape index (κ1) is 23.9. The molecule has 0 aromatic carbocycles. The van der Waals surface area contributed by atoms with E-state index in [1.165, 1.54) is 24.2 Å². The van der Waals surface area contributed by atoms with Crippen LogP contribution in [0.3, 0.4) is 0 Å². The van der Waals surface area contributed by atoms with E-state index in [-0.39, 0.29) is 23.9 Å². The first-order valence-electron chi connectivity index (χ1n) is 10.8. The van der Waals surface area contributed by atoms with Crippen molar-refractivity contribution in [2.24, 2.45) is 10.8 Å². The van der Waals surface area contributed by atoms with Gasteiger partial charge in [0.15, 0.2) is 0 Å². The molecule has 1 aliphatic rings. The maximum Gasteiger partial charge on any atom is 0.327 e. The maximum atomic E-state index is 12.2. The molecule has 1 aliphatic heterocycles. The van der Waals surface area contributed by atoms with Crippen LogP contribution in [0.1, 0.15) is 86.5 Å². The molecule has 0 atom stereocenters. The number of nitrogens with zero attached hydrogens (tertiary/aromatic N) is 2. The van der Waals surface area contributed by atoms with E-state index in [4.69, 9.17) is 4.74 Å². The lowest BCUT2D eigenvalue weighted by Gasteiger charge is -2.29. The lowest BCUT2D eigenvalue weighted by atomic mass is 9.85. The number of rotatable bonds is 14. The molecular formula is C22H42N2O3. The molecule has 158 valence electrons. The van der Waals surface area contributed by atoms with Crippen molar-refractivity contribution in [2.45, 2.75) is 86.5 Å². The Balaban J connectivity index is 2.13. The van der Waals surface area contributed by atoms with Crippen molar-refractivity contribution in [2.75, 3.05) is 32.8 Å². The van der Waals surface area contributed by atoms with E-state index >= 15 is 0 Å². The van der Waals surface area contributed by atoms with Gasteiger partial charge in [-0.15, -0.1) is 0 Å². The quantitative estimate of drug-likeness (QED) is 0.310. The number of ether oxygens (including phenoxy) is 1. The van der Waals surface area contributed by atoms with Gasteiger partial charge in [0.1, 0.15) is 6.54 Å². The zero-order valence-corrected chi connectivity index (χ0v) is 18.6. The highest BCUT2D eigenvalue weighted by molar-refractivity contribution is 6.02. The van der Waals surface area contributed by atoms with Gasteiger partial charge in [0, 0.05) is 26.3 Å². The third kappa shape index (κ3) is 8.63. The summed E-state index contributed by atoms with van der Waals surface area (Å²) < 4.78 is 5.77. The van der Waals surface area contributed by atoms with Crippen molar-refractivity contribution >= 4 is 11.9 Å². The van der Waals surface area contributed by atoms with Gasteiger partial charge >= 0.3 is 6.03 Å². The fourth-order valence-electron chi connectivity index (χ4n) is 3.40. The van der Waals surface area contributed by atoms with E-state index < -0.39 is 0 Å². The molecule has 27 heavy (non-hydrogen) atoms. The third-order valence-corrected chi connectivity index (χ3v) is 5.84. The molecule has 0 N–H and O–H groups in total. The molecule has 0 spiro atoms. The summed E-state index contributed by atoms with van der Waals surface area (Å²) in [6, 6.07) is -0.134. The van der Waals surface area contributed by atoms with Gasteiger partial charge < -0.3 is 9.64 Å². The Labute approximate surface area is 166 Å². The molecular weight excluding hydrogens is 340 g/mol. The molecule has 5 nitrogen and oxygen atoms in total. The molecule has 1 heterocycles. The number of imide groups is 1. The number of hydrogen-bond donors (Lipinski definition) is 0. The lowest BCUT2D eigenvalue weighted by molar-refractivity contribution is -0.126. The van der Waals surface area contributed by atoms with E-state index in [1.54, 1.807) is 4.90 Å². The van der Waals surface area contributed by atoms with Gasteiger partial charge in [0.2, 0.25) is 5.91 Å². The number of carbonyl (C=O) groups excluding carboxylic acids is 2. The van der Waals surface area contributed by atoms with Gasteiger partial charge in [0.25, 0.3) is 0 Å². The predicted octanol–water partition coefficient (Wildman–Crippen LogP) is 5.09. The van der Waals surface area contributed by atoms with Crippen molar-refractivity contribution in [3.63, 3.8) is 0 Å². The van der Waals surface area contributed by atoms with Crippen LogP contribution in [0.2, 0.25) is 0 Å². The molecule has 0 aliphatic carbocycles. The van der Waals surface area contributed by atoms with E-state index in [1.807, 2.05) is 6.92 Å². The summed E-state index contributed by atoms with van der Waals surface area (Å²) in [5.41, 5.74) is 0.401. The molecule has 1 fully saturated rings. The van der Waals surface area contributed by atoms with E-state index in [0.29, 0.717) is 18.5 Å². The summed E-state index contributed by atoms with van der Waals surface area (Å²) in [6.45, 7) is 16.1. The molecule has 0 bridgehead atoms. The zero-order valence-electron chi connectivity index (χ0n) is 18.6. The minimum absolute atomic E-state index is 0.0548. The second kappa shape index (κ2) is 11.0. The van der Waals surface area contributed by atoms with Crippen LogP contribution in [0.4, 0.5) is 4.79 Å². The van der Waals surface area contributed by atoms with Crippen molar-refractivity contribution in [3.05, 3.63) is 0 Å². The van der Waals surface area contributed by atoms with Gasteiger partial charge in [-0.2, -0.15) is 0 Å². The maximum absolute atomic E-state index is 12.2. The van der Waals surface area contributed by atoms with Crippen LogP contribution in [0.5, 0.6) is 0 Å². The normalized spacial score (nSPS) is 15.9. The standard InChI is InChI=1S/C22H42N2O3/c1-7-21(3,4)13-9-11-15-27-16-12-10-14-22(5,6)18-24-19(25)17-23(8-2)20(24)26/h7-18H2,1-6H3. The summed E-state index contributed by atoms with van der Waals surface area (Å²) in [4.78, 5) is 27.3. The summed E-state index contributed by atoms with van der Waals surface area (Å²) in [5, 5.41) is 0. The molecule has 5 heteroatoms. The highest BCUT2D eigenvalue weighted by Crippen LogP contribution is 2.27. The predicted molar refractivity (Wildman–Crippen MR) is 111 cm³/mol. The second-order valence-electron chi connectivity index (χ2n) is 9.49. The molecule has 0 aromatic heterocycles. The zero-order chi connectivity index (χ0) is 20.5.